The molecule has 0 bridgehead atoms. The highest BCUT2D eigenvalue weighted by molar-refractivity contribution is 6.01. The summed E-state index contributed by atoms with van der Waals surface area (Å²) < 4.78 is 46.6. The quantitative estimate of drug-likeness (QED) is 0.227. The Kier molecular flexibility index (Phi) is 10.0. The topological polar surface area (TPSA) is 177 Å². The highest BCUT2D eigenvalue weighted by Gasteiger charge is 2.80. The first-order chi connectivity index (χ1) is 26.0. The molecule has 0 unspecified atom stereocenters. The molecule has 2 aromatic rings. The van der Waals surface area contributed by atoms with Crippen molar-refractivity contribution in [2.45, 2.75) is 101 Å². The summed E-state index contributed by atoms with van der Waals surface area (Å²) in [5, 5.41) is 27.7. The number of carbonyl (C=O) groups excluding carboxylic acids is 4. The van der Waals surface area contributed by atoms with Gasteiger partial charge >= 0.3 is 0 Å². The van der Waals surface area contributed by atoms with Crippen LogP contribution in [0.15, 0.2) is 72.3 Å². The van der Waals surface area contributed by atoms with E-state index in [0.29, 0.717) is 12.0 Å². The van der Waals surface area contributed by atoms with E-state index in [9.17, 15) is 29.4 Å². The van der Waals surface area contributed by atoms with Crippen LogP contribution in [-0.2, 0) is 35.1 Å². The van der Waals surface area contributed by atoms with Gasteiger partial charge in [-0.05, 0) is 93.4 Å². The van der Waals surface area contributed by atoms with Crippen LogP contribution >= 0.6 is 0 Å². The van der Waals surface area contributed by atoms with Crippen LogP contribution in [0.1, 0.15) is 69.9 Å². The van der Waals surface area contributed by atoms with E-state index in [0.717, 1.165) is 22.9 Å². The molecule has 11 nitrogen and oxygen atoms in total. The molecule has 1 amide bonds. The number of Topliss-reactive ketones (excluding diaryl/α,β-unsaturated/α-hetero) is 2. The van der Waals surface area contributed by atoms with Gasteiger partial charge in [-0.3, -0.25) is 19.2 Å². The second-order valence-corrected chi connectivity index (χ2v) is 16.4. The minimum atomic E-state index is -2.33. The Morgan fingerprint density at radius 1 is 1.05 bits per heavy atom. The molecular formula is C42H49F2N3O8. The lowest BCUT2D eigenvalue weighted by atomic mass is 9.44. The van der Waals surface area contributed by atoms with Crippen LogP contribution in [0.4, 0.5) is 14.5 Å². The van der Waals surface area contributed by atoms with Gasteiger partial charge in [-0.1, -0.05) is 49.4 Å². The number of benzene rings is 2. The molecule has 5 aliphatic rings. The van der Waals surface area contributed by atoms with E-state index in [1.54, 1.807) is 20.8 Å². The molecule has 55 heavy (non-hydrogen) atoms. The standard InChI is InChI=1S/C42H49F2N3O8/c1-22(45)37(53)47-23(2)33(50)20-46-27-7-5-6-25(15-27)14-24-8-10-26(11-9-24)38-54-36-18-29-30-17-32(43)31-16-28(49)12-13-39(31,3)41(30,44)34(51)19-40(29,4)42(36,55-38)35(52)21-48/h5-13,15-16,22-23,29-30,32,34,36,38,46,48,51H,14,17-21,45H2,1-4H3,(H,47,53)/t22-,23-,29-,30-,32-,34-,36+,38+,39-,40-,41-,42+/m0/s1. The second kappa shape index (κ2) is 14.1. The van der Waals surface area contributed by atoms with Crippen LogP contribution in [0, 0.1) is 22.7 Å². The minimum Gasteiger partial charge on any atom is -0.390 e. The summed E-state index contributed by atoms with van der Waals surface area (Å²) in [4.78, 5) is 50.4. The molecule has 0 aromatic heterocycles. The second-order valence-electron chi connectivity index (χ2n) is 16.4. The summed E-state index contributed by atoms with van der Waals surface area (Å²) in [6.07, 6.45) is -1.17. The van der Waals surface area contributed by atoms with E-state index >= 15 is 8.78 Å². The molecule has 0 radical (unpaired) electrons. The number of aliphatic hydroxyl groups excluding tert-OH is 2. The van der Waals surface area contributed by atoms with E-state index in [-0.39, 0.29) is 37.2 Å². The van der Waals surface area contributed by atoms with Crippen LogP contribution in [-0.4, -0.2) is 88.4 Å². The van der Waals surface area contributed by atoms with Gasteiger partial charge in [-0.25, -0.2) is 8.78 Å². The minimum absolute atomic E-state index is 0.0167. The molecule has 3 saturated carbocycles. The van der Waals surface area contributed by atoms with E-state index in [2.05, 4.69) is 10.6 Å². The molecule has 6 N–H and O–H groups in total. The number of ether oxygens (including phenoxy) is 2. The first-order valence-electron chi connectivity index (χ1n) is 18.9. The van der Waals surface area contributed by atoms with Gasteiger partial charge < -0.3 is 36.1 Å². The predicted octanol–water partition coefficient (Wildman–Crippen LogP) is 3.75. The monoisotopic (exact) mass is 761 g/mol. The molecule has 4 fully saturated rings. The van der Waals surface area contributed by atoms with Crippen molar-refractivity contribution >= 4 is 28.9 Å². The normalized spacial score (nSPS) is 37.1. The zero-order valence-electron chi connectivity index (χ0n) is 31.4. The number of fused-ring (bicyclic) bond motifs is 7. The Hall–Kier alpha value is -4.14. The number of carbonyl (C=O) groups is 4. The number of hydrogen-bond acceptors (Lipinski definition) is 10. The summed E-state index contributed by atoms with van der Waals surface area (Å²) in [6.45, 7) is 5.59. The van der Waals surface area contributed by atoms with Crippen LogP contribution in [0.2, 0.25) is 0 Å². The fourth-order valence-electron chi connectivity index (χ4n) is 10.3. The van der Waals surface area contributed by atoms with Gasteiger partial charge in [0.15, 0.2) is 34.9 Å². The largest absolute Gasteiger partial charge is 0.390 e. The van der Waals surface area contributed by atoms with Gasteiger partial charge in [-0.15, -0.1) is 0 Å². The Labute approximate surface area is 318 Å². The molecular weight excluding hydrogens is 712 g/mol. The number of alkyl halides is 2. The van der Waals surface area contributed by atoms with Crippen molar-refractivity contribution in [3.63, 3.8) is 0 Å². The maximum atomic E-state index is 17.7. The summed E-state index contributed by atoms with van der Waals surface area (Å²) in [5.41, 5.74) is 2.07. The van der Waals surface area contributed by atoms with Crippen molar-refractivity contribution in [1.29, 1.82) is 0 Å². The number of hydrogen-bond donors (Lipinski definition) is 5. The lowest BCUT2D eigenvalue weighted by molar-refractivity contribution is -0.235. The van der Waals surface area contributed by atoms with E-state index in [1.165, 1.54) is 19.1 Å². The molecule has 12 atom stereocenters. The first kappa shape index (κ1) is 39.1. The molecule has 1 heterocycles. The molecule has 0 spiro atoms. The Bertz CT molecular complexity index is 1950. The zero-order valence-corrected chi connectivity index (χ0v) is 31.4. The molecule has 1 saturated heterocycles. The lowest BCUT2D eigenvalue weighted by Gasteiger charge is -2.63. The number of amides is 1. The molecule has 7 rings (SSSR count). The number of anilines is 1. The van der Waals surface area contributed by atoms with Gasteiger partial charge in [0.25, 0.3) is 0 Å². The number of rotatable bonds is 11. The van der Waals surface area contributed by atoms with Crippen LogP contribution < -0.4 is 16.4 Å². The number of nitrogens with two attached hydrogens (primary N) is 1. The lowest BCUT2D eigenvalue weighted by Crippen LogP contribution is -2.70. The van der Waals surface area contributed by atoms with Gasteiger partial charge in [0, 0.05) is 28.0 Å². The number of aliphatic hydroxyl groups is 2. The van der Waals surface area contributed by atoms with Crippen molar-refractivity contribution < 1.29 is 47.6 Å². The molecule has 1 aliphatic heterocycles. The zero-order chi connectivity index (χ0) is 39.7. The van der Waals surface area contributed by atoms with Gasteiger partial charge in [0.2, 0.25) is 5.91 Å². The number of halogens is 2. The molecule has 4 aliphatic carbocycles. The van der Waals surface area contributed by atoms with E-state index in [4.69, 9.17) is 15.2 Å². The number of ketones is 3. The fourth-order valence-corrected chi connectivity index (χ4v) is 10.3. The van der Waals surface area contributed by atoms with Gasteiger partial charge in [-0.2, -0.15) is 0 Å². The van der Waals surface area contributed by atoms with E-state index < -0.39 is 94.8 Å². The maximum absolute atomic E-state index is 17.7. The highest BCUT2D eigenvalue weighted by Crippen LogP contribution is 2.72. The smallest absolute Gasteiger partial charge is 0.237 e. The van der Waals surface area contributed by atoms with Crippen molar-refractivity contribution in [2.75, 3.05) is 18.5 Å². The van der Waals surface area contributed by atoms with Crippen molar-refractivity contribution in [1.82, 2.24) is 5.32 Å². The average Bonchev–Trinajstić information content (AvgIpc) is 3.65. The van der Waals surface area contributed by atoms with Crippen LogP contribution in [0.25, 0.3) is 0 Å². The van der Waals surface area contributed by atoms with Crippen molar-refractivity contribution in [3.8, 4) is 0 Å². The Morgan fingerprint density at radius 2 is 1.78 bits per heavy atom. The summed E-state index contributed by atoms with van der Waals surface area (Å²) in [5.74, 6) is -3.33. The number of allylic oxidation sites excluding steroid dienone is 4. The average molecular weight is 762 g/mol. The first-order valence-corrected chi connectivity index (χ1v) is 18.9. The Morgan fingerprint density at radius 3 is 2.47 bits per heavy atom. The third-order valence-corrected chi connectivity index (χ3v) is 13.2. The molecule has 13 heteroatoms. The van der Waals surface area contributed by atoms with Crippen LogP contribution in [0.3, 0.4) is 0 Å². The van der Waals surface area contributed by atoms with Crippen molar-refractivity contribution in [2.24, 2.45) is 28.4 Å². The summed E-state index contributed by atoms with van der Waals surface area (Å²) in [7, 11) is 0. The van der Waals surface area contributed by atoms with E-state index in [1.807, 2.05) is 48.5 Å². The highest BCUT2D eigenvalue weighted by atomic mass is 19.1. The summed E-state index contributed by atoms with van der Waals surface area (Å²) in [6, 6.07) is 13.7. The molecule has 2 aromatic carbocycles. The molecule has 294 valence electrons. The fraction of sp³-hybridized carbons (Fsp3) is 0.524. The maximum Gasteiger partial charge on any atom is 0.237 e. The number of nitrogens with one attached hydrogen (secondary N) is 2. The van der Waals surface area contributed by atoms with Gasteiger partial charge in [0.05, 0.1) is 30.8 Å². The van der Waals surface area contributed by atoms with Crippen molar-refractivity contribution in [3.05, 3.63) is 89.0 Å². The third kappa shape index (κ3) is 6.10. The summed E-state index contributed by atoms with van der Waals surface area (Å²) >= 11 is 0. The predicted molar refractivity (Wildman–Crippen MR) is 198 cm³/mol. The van der Waals surface area contributed by atoms with Crippen LogP contribution in [0.5, 0.6) is 0 Å². The van der Waals surface area contributed by atoms with Gasteiger partial charge in [0.1, 0.15) is 12.8 Å². The Balaban J connectivity index is 1.06. The SMILES string of the molecule is C[C@H](N)C(=O)N[C@@H](C)C(=O)CNc1cccc(Cc2ccc([C@@H]3O[C@@H]4C[C@H]5[C@@H]6C[C@H](F)C7=CC(=O)C=C[C@]7(C)[C@@]6(F)[C@@H](O)C[C@]5(C)[C@]4(C(=O)CO)O3)cc2)c1. The third-order valence-electron chi connectivity index (χ3n) is 13.2.